The van der Waals surface area contributed by atoms with E-state index in [2.05, 4.69) is 26.8 Å². The molecule has 13 nitrogen and oxygen atoms in total. The molecule has 5 aliphatic carbocycles. The van der Waals surface area contributed by atoms with Gasteiger partial charge in [-0.2, -0.15) is 0 Å². The van der Waals surface area contributed by atoms with E-state index in [1.165, 1.54) is 0 Å². The van der Waals surface area contributed by atoms with Gasteiger partial charge in [-0.15, -0.1) is 0 Å². The number of hydrogen-bond donors (Lipinski definition) is 8. The second-order valence-corrected chi connectivity index (χ2v) is 19.4. The van der Waals surface area contributed by atoms with E-state index in [-0.39, 0.29) is 41.8 Å². The maximum atomic E-state index is 12.9. The smallest absolute Gasteiger partial charge is 0.335 e. The number of esters is 1. The minimum atomic E-state index is -1.84. The normalized spacial score (nSPS) is 51.5. The van der Waals surface area contributed by atoms with E-state index in [9.17, 15) is 50.4 Å². The topological polar surface area (TPSA) is 224 Å². The summed E-state index contributed by atoms with van der Waals surface area (Å²) in [7, 11) is 0. The van der Waals surface area contributed by atoms with E-state index in [1.807, 2.05) is 20.8 Å². The predicted molar refractivity (Wildman–Crippen MR) is 194 cm³/mol. The lowest BCUT2D eigenvalue weighted by Crippen LogP contribution is -2.72. The molecule has 54 heavy (non-hydrogen) atoms. The quantitative estimate of drug-likeness (QED) is 0.0809. The van der Waals surface area contributed by atoms with Crippen LogP contribution in [0, 0.1) is 50.2 Å². The van der Waals surface area contributed by atoms with E-state index in [4.69, 9.17) is 14.2 Å². The summed E-state index contributed by atoms with van der Waals surface area (Å²) >= 11 is 0. The Bertz CT molecular complexity index is 1540. The lowest BCUT2D eigenvalue weighted by Gasteiger charge is -2.72. The first-order valence-electron chi connectivity index (χ1n) is 19.8. The first-order valence-corrected chi connectivity index (χ1v) is 19.8. The Morgan fingerprint density at radius 1 is 0.907 bits per heavy atom. The fourth-order valence-electron chi connectivity index (χ4n) is 12.8. The number of carboxylic acid groups (broad SMARTS) is 1. The standard InChI is InChI=1S/C41H64O13/c1-9-20(2)34(51)52-19-41-22(16-36(3,4)31(47)32(41)48)21-10-11-24-37(5)14-13-26(53-35-29(46)27(44)28(45)30(54-35)33(49)50)38(6,18-42)23(37)12-15-39(24,7)40(21,8)17-25(41)43/h9-10,22-32,35,42-48H,11-19H2,1-8H3,(H,49,50)/b20-9+/t22-,23+,24+,25-,26-,27-,28-,29+,30-,31-,32-,35+,37-,38-,39+,40+,41-/m0/s1. The van der Waals surface area contributed by atoms with Gasteiger partial charge in [-0.3, -0.25) is 0 Å². The average Bonchev–Trinajstić information content (AvgIpc) is 3.11. The van der Waals surface area contributed by atoms with Crippen molar-refractivity contribution < 1.29 is 64.7 Å². The van der Waals surface area contributed by atoms with Crippen molar-refractivity contribution in [3.05, 3.63) is 23.3 Å². The lowest BCUT2D eigenvalue weighted by atomic mass is 9.33. The average molecular weight is 765 g/mol. The third kappa shape index (κ3) is 5.73. The fraction of sp³-hybridized carbons (Fsp3) is 0.854. The molecule has 0 unspecified atom stereocenters. The summed E-state index contributed by atoms with van der Waals surface area (Å²) in [6.45, 7) is 15.5. The molecule has 0 amide bonds. The number of fused-ring (bicyclic) bond motifs is 7. The van der Waals surface area contributed by atoms with E-state index in [0.29, 0.717) is 44.1 Å². The predicted octanol–water partition coefficient (Wildman–Crippen LogP) is 2.46. The Labute approximate surface area is 318 Å². The van der Waals surface area contributed by atoms with Crippen LogP contribution in [0.4, 0.5) is 0 Å². The number of hydrogen-bond acceptors (Lipinski definition) is 12. The number of carbonyl (C=O) groups excluding carboxylic acids is 1. The summed E-state index contributed by atoms with van der Waals surface area (Å²) in [4.78, 5) is 24.7. The highest BCUT2D eigenvalue weighted by atomic mass is 16.7. The zero-order chi connectivity index (χ0) is 40.1. The molecule has 0 aromatic rings. The minimum Gasteiger partial charge on any atom is -0.479 e. The highest BCUT2D eigenvalue weighted by Gasteiger charge is 2.73. The molecule has 6 rings (SSSR count). The van der Waals surface area contributed by atoms with Crippen molar-refractivity contribution in [2.24, 2.45) is 50.2 Å². The van der Waals surface area contributed by atoms with E-state index in [0.717, 1.165) is 12.0 Å². The van der Waals surface area contributed by atoms with E-state index < -0.39 is 88.7 Å². The van der Waals surface area contributed by atoms with Crippen LogP contribution in [0.3, 0.4) is 0 Å². The molecule has 6 aliphatic rings. The van der Waals surface area contributed by atoms with Gasteiger partial charge in [-0.25, -0.2) is 9.59 Å². The van der Waals surface area contributed by atoms with Gasteiger partial charge >= 0.3 is 11.9 Å². The van der Waals surface area contributed by atoms with Crippen LogP contribution in [-0.2, 0) is 23.8 Å². The third-order valence-corrected chi connectivity index (χ3v) is 16.5. The first kappa shape index (κ1) is 41.7. The first-order chi connectivity index (χ1) is 25.0. The van der Waals surface area contributed by atoms with Gasteiger partial charge in [-0.05, 0) is 98.2 Å². The van der Waals surface area contributed by atoms with Crippen LogP contribution in [0.15, 0.2) is 23.3 Å². The number of aliphatic carboxylic acids is 1. The molecule has 1 heterocycles. The van der Waals surface area contributed by atoms with Gasteiger partial charge in [0.25, 0.3) is 0 Å². The maximum absolute atomic E-state index is 12.9. The van der Waals surface area contributed by atoms with Gasteiger partial charge in [0.2, 0.25) is 0 Å². The van der Waals surface area contributed by atoms with Crippen LogP contribution in [-0.4, -0.2) is 121 Å². The molecule has 17 atom stereocenters. The van der Waals surface area contributed by atoms with Gasteiger partial charge in [0.15, 0.2) is 12.4 Å². The van der Waals surface area contributed by atoms with E-state index >= 15 is 0 Å². The molecule has 0 bridgehead atoms. The molecule has 0 radical (unpaired) electrons. The molecule has 306 valence electrons. The summed E-state index contributed by atoms with van der Waals surface area (Å²) in [5.74, 6) is -2.36. The molecule has 1 saturated heterocycles. The molecule has 0 aromatic heterocycles. The molecular weight excluding hydrogens is 700 g/mol. The SMILES string of the molecule is C/C=C(\C)C(=O)OC[C@@]12[C@@H](O)C[C@]3(C)C(=CC[C@@H]4[C@@]5(C)CC[C@H](O[C@@H]6O[C@H](C(=O)O)[C@@H](O)[C@H](O)[C@H]6O)[C@@](C)(CO)[C@@H]5CC[C@]43C)[C@@H]1CC(C)(C)[C@@H](O)[C@@H]2O. The van der Waals surface area contributed by atoms with Gasteiger partial charge in [0.1, 0.15) is 24.9 Å². The Kier molecular flexibility index (Phi) is 10.7. The number of allylic oxidation sites excluding steroid dienone is 3. The highest BCUT2D eigenvalue weighted by molar-refractivity contribution is 5.87. The molecular formula is C41H64O13. The fourth-order valence-corrected chi connectivity index (χ4v) is 12.8. The summed E-state index contributed by atoms with van der Waals surface area (Å²) in [6.07, 6.45) is -4.89. The second kappa shape index (κ2) is 13.9. The van der Waals surface area contributed by atoms with Crippen molar-refractivity contribution in [2.75, 3.05) is 13.2 Å². The van der Waals surface area contributed by atoms with Crippen molar-refractivity contribution in [3.8, 4) is 0 Å². The van der Waals surface area contributed by atoms with Crippen molar-refractivity contribution in [1.29, 1.82) is 0 Å². The lowest BCUT2D eigenvalue weighted by molar-refractivity contribution is -0.328. The van der Waals surface area contributed by atoms with Crippen molar-refractivity contribution in [2.45, 2.75) is 155 Å². The molecule has 8 N–H and O–H groups in total. The number of ether oxygens (including phenoxy) is 3. The Morgan fingerprint density at radius 2 is 1.57 bits per heavy atom. The summed E-state index contributed by atoms with van der Waals surface area (Å²) in [6, 6.07) is 0. The van der Waals surface area contributed by atoms with Gasteiger partial charge < -0.3 is 55.1 Å². The van der Waals surface area contributed by atoms with Gasteiger partial charge in [-0.1, -0.05) is 59.3 Å². The molecule has 13 heteroatoms. The second-order valence-electron chi connectivity index (χ2n) is 19.4. The van der Waals surface area contributed by atoms with Gasteiger partial charge in [0.05, 0.1) is 36.4 Å². The molecule has 4 saturated carbocycles. The number of aliphatic hydroxyl groups is 7. The monoisotopic (exact) mass is 764 g/mol. The number of rotatable bonds is 7. The zero-order valence-electron chi connectivity index (χ0n) is 33.1. The number of carbonyl (C=O) groups is 2. The minimum absolute atomic E-state index is 0.0654. The van der Waals surface area contributed by atoms with Gasteiger partial charge in [0, 0.05) is 11.0 Å². The Hall–Kier alpha value is -1.94. The van der Waals surface area contributed by atoms with Crippen LogP contribution in [0.2, 0.25) is 0 Å². The summed E-state index contributed by atoms with van der Waals surface area (Å²) < 4.78 is 17.6. The largest absolute Gasteiger partial charge is 0.479 e. The van der Waals surface area contributed by atoms with Crippen LogP contribution in [0.5, 0.6) is 0 Å². The molecule has 1 aliphatic heterocycles. The van der Waals surface area contributed by atoms with Crippen molar-refractivity contribution >= 4 is 11.9 Å². The summed E-state index contributed by atoms with van der Waals surface area (Å²) in [5, 5.41) is 88.0. The zero-order valence-corrected chi connectivity index (χ0v) is 33.1. The maximum Gasteiger partial charge on any atom is 0.335 e. The molecule has 0 aromatic carbocycles. The Morgan fingerprint density at radius 3 is 2.19 bits per heavy atom. The van der Waals surface area contributed by atoms with Crippen LogP contribution in [0.1, 0.15) is 100 Å². The van der Waals surface area contributed by atoms with Crippen LogP contribution >= 0.6 is 0 Å². The number of carboxylic acids is 1. The Balaban J connectivity index is 1.34. The van der Waals surface area contributed by atoms with Crippen LogP contribution < -0.4 is 0 Å². The van der Waals surface area contributed by atoms with Crippen molar-refractivity contribution in [3.63, 3.8) is 0 Å². The summed E-state index contributed by atoms with van der Waals surface area (Å²) in [5.41, 5.74) is -2.47. The number of aliphatic hydroxyl groups excluding tert-OH is 7. The van der Waals surface area contributed by atoms with E-state index in [1.54, 1.807) is 19.9 Å². The molecule has 0 spiro atoms. The van der Waals surface area contributed by atoms with Crippen molar-refractivity contribution in [1.82, 2.24) is 0 Å². The van der Waals surface area contributed by atoms with Crippen LogP contribution in [0.25, 0.3) is 0 Å². The third-order valence-electron chi connectivity index (χ3n) is 16.5. The molecule has 5 fully saturated rings. The highest BCUT2D eigenvalue weighted by Crippen LogP contribution is 2.76.